The number of benzene rings is 1. The molecule has 3 rings (SSSR count). The van der Waals surface area contributed by atoms with Crippen LogP contribution in [0.25, 0.3) is 0 Å². The summed E-state index contributed by atoms with van der Waals surface area (Å²) in [6.07, 6.45) is -0.0793. The van der Waals surface area contributed by atoms with Crippen molar-refractivity contribution in [2.24, 2.45) is 5.92 Å². The van der Waals surface area contributed by atoms with Gasteiger partial charge in [-0.2, -0.15) is 11.3 Å². The molecule has 0 saturated carbocycles. The zero-order chi connectivity index (χ0) is 16.1. The van der Waals surface area contributed by atoms with Crippen LogP contribution in [0.2, 0.25) is 0 Å². The van der Waals surface area contributed by atoms with Gasteiger partial charge >= 0.3 is 0 Å². The first-order chi connectivity index (χ1) is 11.2. The summed E-state index contributed by atoms with van der Waals surface area (Å²) in [5.74, 6) is 0.550. The van der Waals surface area contributed by atoms with Crippen LogP contribution in [0.15, 0.2) is 47.2 Å². The molecule has 2 heterocycles. The second kappa shape index (κ2) is 9.18. The molecule has 4 nitrogen and oxygen atoms in total. The Labute approximate surface area is 152 Å². The van der Waals surface area contributed by atoms with Gasteiger partial charge < -0.3 is 15.3 Å². The van der Waals surface area contributed by atoms with Gasteiger partial charge in [0.15, 0.2) is 0 Å². The van der Waals surface area contributed by atoms with Gasteiger partial charge in [0, 0.05) is 13.0 Å². The molecular formula is C18H23ClN2O2S. The number of aliphatic hydroxyl groups excluding tert-OH is 1. The molecule has 1 saturated heterocycles. The van der Waals surface area contributed by atoms with Crippen molar-refractivity contribution >= 4 is 29.7 Å². The Balaban J connectivity index is 0.00000208. The minimum absolute atomic E-state index is 0. The number of nitrogens with one attached hydrogen (secondary N) is 1. The third-order valence-corrected chi connectivity index (χ3v) is 4.92. The van der Waals surface area contributed by atoms with E-state index in [0.29, 0.717) is 25.4 Å². The average molecular weight is 367 g/mol. The van der Waals surface area contributed by atoms with Crippen LogP contribution < -0.4 is 5.32 Å². The standard InChI is InChI=1S/C18H22N2O2S.ClH/c21-17(16-6-7-23-13-16)12-20(11-14-4-2-1-3-5-14)18(22)8-15-9-19-10-15;/h1-7,13,15,17,19,21H,8-12H2;1H. The lowest BCUT2D eigenvalue weighted by Crippen LogP contribution is -2.45. The molecule has 1 aliphatic rings. The number of carbonyl (C=O) groups excluding carboxylic acids is 1. The summed E-state index contributed by atoms with van der Waals surface area (Å²) in [7, 11) is 0. The molecule has 0 aliphatic carbocycles. The summed E-state index contributed by atoms with van der Waals surface area (Å²) in [5.41, 5.74) is 1.97. The normalized spacial score (nSPS) is 15.2. The first-order valence-corrected chi connectivity index (χ1v) is 8.89. The van der Waals surface area contributed by atoms with Gasteiger partial charge in [0.1, 0.15) is 0 Å². The summed E-state index contributed by atoms with van der Waals surface area (Å²) in [5, 5.41) is 17.5. The van der Waals surface area contributed by atoms with E-state index in [1.807, 2.05) is 47.2 Å². The Kier molecular flexibility index (Phi) is 7.24. The van der Waals surface area contributed by atoms with E-state index in [0.717, 1.165) is 24.2 Å². The average Bonchev–Trinajstić information content (AvgIpc) is 3.05. The van der Waals surface area contributed by atoms with E-state index in [4.69, 9.17) is 0 Å². The molecule has 6 heteroatoms. The zero-order valence-electron chi connectivity index (χ0n) is 13.4. The first-order valence-electron chi connectivity index (χ1n) is 7.95. The van der Waals surface area contributed by atoms with E-state index in [9.17, 15) is 9.90 Å². The van der Waals surface area contributed by atoms with Crippen molar-refractivity contribution < 1.29 is 9.90 Å². The van der Waals surface area contributed by atoms with Crippen LogP contribution in [0, 0.1) is 5.92 Å². The van der Waals surface area contributed by atoms with Crippen molar-refractivity contribution in [2.45, 2.75) is 19.1 Å². The second-order valence-corrected chi connectivity index (χ2v) is 6.84. The van der Waals surface area contributed by atoms with Crippen LogP contribution in [0.4, 0.5) is 0 Å². The first kappa shape index (κ1) is 18.9. The topological polar surface area (TPSA) is 52.6 Å². The van der Waals surface area contributed by atoms with Gasteiger partial charge in [-0.15, -0.1) is 12.4 Å². The van der Waals surface area contributed by atoms with Gasteiger partial charge in [0.05, 0.1) is 12.6 Å². The molecule has 1 amide bonds. The number of halogens is 1. The van der Waals surface area contributed by atoms with Crippen molar-refractivity contribution in [3.05, 3.63) is 58.3 Å². The molecule has 1 atom stereocenters. The zero-order valence-corrected chi connectivity index (χ0v) is 15.1. The third kappa shape index (κ3) is 5.05. The smallest absolute Gasteiger partial charge is 0.223 e. The highest BCUT2D eigenvalue weighted by Crippen LogP contribution is 2.20. The maximum atomic E-state index is 12.6. The molecule has 0 radical (unpaired) electrons. The van der Waals surface area contributed by atoms with Crippen molar-refractivity contribution in [1.82, 2.24) is 10.2 Å². The van der Waals surface area contributed by atoms with Crippen LogP contribution in [0.1, 0.15) is 23.7 Å². The number of aliphatic hydroxyl groups is 1. The van der Waals surface area contributed by atoms with Crippen LogP contribution >= 0.6 is 23.7 Å². The Morgan fingerprint density at radius 3 is 2.62 bits per heavy atom. The van der Waals surface area contributed by atoms with Crippen molar-refractivity contribution in [2.75, 3.05) is 19.6 Å². The van der Waals surface area contributed by atoms with Crippen LogP contribution in [0.5, 0.6) is 0 Å². The van der Waals surface area contributed by atoms with Gasteiger partial charge in [-0.05, 0) is 47.0 Å². The number of hydrogen-bond donors (Lipinski definition) is 2. The van der Waals surface area contributed by atoms with E-state index < -0.39 is 6.10 Å². The van der Waals surface area contributed by atoms with Gasteiger partial charge in [-0.3, -0.25) is 4.79 Å². The number of rotatable bonds is 7. The van der Waals surface area contributed by atoms with Crippen molar-refractivity contribution in [3.63, 3.8) is 0 Å². The highest BCUT2D eigenvalue weighted by atomic mass is 35.5. The monoisotopic (exact) mass is 366 g/mol. The van der Waals surface area contributed by atoms with E-state index in [-0.39, 0.29) is 18.3 Å². The second-order valence-electron chi connectivity index (χ2n) is 6.06. The SMILES string of the molecule is Cl.O=C(CC1CNC1)N(Cc1ccccc1)CC(O)c1ccsc1. The third-order valence-electron chi connectivity index (χ3n) is 4.22. The Bertz CT molecular complexity index is 617. The Morgan fingerprint density at radius 1 is 1.29 bits per heavy atom. The molecule has 2 N–H and O–H groups in total. The maximum Gasteiger partial charge on any atom is 0.223 e. The Morgan fingerprint density at radius 2 is 2.04 bits per heavy atom. The molecule has 130 valence electrons. The van der Waals surface area contributed by atoms with Gasteiger partial charge in [-0.25, -0.2) is 0 Å². The predicted octanol–water partition coefficient (Wildman–Crippen LogP) is 2.84. The van der Waals surface area contributed by atoms with E-state index in [1.54, 1.807) is 16.2 Å². The summed E-state index contributed by atoms with van der Waals surface area (Å²) in [6.45, 7) is 2.71. The fourth-order valence-electron chi connectivity index (χ4n) is 2.71. The lowest BCUT2D eigenvalue weighted by Gasteiger charge is -2.31. The molecular weight excluding hydrogens is 344 g/mol. The predicted molar refractivity (Wildman–Crippen MR) is 99.4 cm³/mol. The van der Waals surface area contributed by atoms with E-state index in [1.165, 1.54) is 0 Å². The number of thiophene rings is 1. The lowest BCUT2D eigenvalue weighted by molar-refractivity contribution is -0.134. The molecule has 1 aliphatic heterocycles. The molecule has 2 aromatic rings. The van der Waals surface area contributed by atoms with E-state index in [2.05, 4.69) is 5.32 Å². The fourth-order valence-corrected chi connectivity index (χ4v) is 3.41. The van der Waals surface area contributed by atoms with Crippen LogP contribution in [0.3, 0.4) is 0 Å². The van der Waals surface area contributed by atoms with Gasteiger partial charge in [-0.1, -0.05) is 30.3 Å². The van der Waals surface area contributed by atoms with Crippen molar-refractivity contribution in [1.29, 1.82) is 0 Å². The number of amides is 1. The quantitative estimate of drug-likeness (QED) is 0.792. The molecule has 1 aromatic carbocycles. The van der Waals surface area contributed by atoms with Gasteiger partial charge in [0.25, 0.3) is 0 Å². The van der Waals surface area contributed by atoms with Crippen molar-refractivity contribution in [3.8, 4) is 0 Å². The summed E-state index contributed by atoms with van der Waals surface area (Å²) >= 11 is 1.56. The molecule has 24 heavy (non-hydrogen) atoms. The van der Waals surface area contributed by atoms with Gasteiger partial charge in [0.2, 0.25) is 5.91 Å². The Hall–Kier alpha value is -1.40. The number of nitrogens with zero attached hydrogens (tertiary/aromatic N) is 1. The fraction of sp³-hybridized carbons (Fsp3) is 0.389. The minimum atomic E-state index is -0.631. The largest absolute Gasteiger partial charge is 0.387 e. The minimum Gasteiger partial charge on any atom is -0.387 e. The highest BCUT2D eigenvalue weighted by molar-refractivity contribution is 7.07. The molecule has 1 aromatic heterocycles. The number of hydrogen-bond acceptors (Lipinski definition) is 4. The lowest BCUT2D eigenvalue weighted by atomic mass is 9.98. The van der Waals surface area contributed by atoms with Crippen LogP contribution in [-0.4, -0.2) is 35.5 Å². The number of carbonyl (C=O) groups is 1. The molecule has 1 unspecified atom stereocenters. The van der Waals surface area contributed by atoms with E-state index >= 15 is 0 Å². The summed E-state index contributed by atoms with van der Waals surface area (Å²) in [6, 6.07) is 11.9. The molecule has 1 fully saturated rings. The van der Waals surface area contributed by atoms with Crippen LogP contribution in [-0.2, 0) is 11.3 Å². The maximum absolute atomic E-state index is 12.6. The summed E-state index contributed by atoms with van der Waals surface area (Å²) in [4.78, 5) is 14.4. The highest BCUT2D eigenvalue weighted by Gasteiger charge is 2.25. The summed E-state index contributed by atoms with van der Waals surface area (Å²) < 4.78 is 0. The molecule has 0 spiro atoms. The molecule has 0 bridgehead atoms.